The van der Waals surface area contributed by atoms with Gasteiger partial charge in [-0.1, -0.05) is 6.92 Å². The molecule has 1 unspecified atom stereocenters. The van der Waals surface area contributed by atoms with Crippen LogP contribution in [0.25, 0.3) is 11.2 Å². The molecule has 0 amide bonds. The van der Waals surface area contributed by atoms with Gasteiger partial charge in [0.25, 0.3) is 5.56 Å². The number of H-pyrrole nitrogens is 1. The lowest BCUT2D eigenvalue weighted by molar-refractivity contribution is 0.379. The highest BCUT2D eigenvalue weighted by Crippen LogP contribution is 2.39. The molecule has 11 heteroatoms. The number of nitrogen functional groups attached to an aromatic ring is 1. The molecule has 0 aliphatic heterocycles. The number of anilines is 1. The average Bonchev–Trinajstić information content (AvgIpc) is 2.71. The summed E-state index contributed by atoms with van der Waals surface area (Å²) in [7, 11) is -3.98. The summed E-state index contributed by atoms with van der Waals surface area (Å²) in [6.45, 7) is 2.47. The second-order valence-corrected chi connectivity index (χ2v) is 7.89. The normalized spacial score (nSPS) is 13.7. The highest BCUT2D eigenvalue weighted by atomic mass is 32.2. The minimum Gasteiger partial charge on any atom is -0.369 e. The minimum absolute atomic E-state index is 0.0257. The third-order valence-corrected chi connectivity index (χ3v) is 5.54. The first kappa shape index (κ1) is 16.0. The average molecular weight is 333 g/mol. The number of hydrogen-bond acceptors (Lipinski definition) is 6. The molecule has 0 fully saturated rings. The topological polar surface area (TPSA) is 147 Å². The maximum Gasteiger partial charge on any atom is 0.335 e. The molecule has 0 saturated carbocycles. The van der Waals surface area contributed by atoms with E-state index >= 15 is 0 Å². The number of nitrogens with one attached hydrogen (secondary N) is 1. The highest BCUT2D eigenvalue weighted by molar-refractivity contribution is 8.04. The molecular weight excluding hydrogens is 317 g/mol. The Morgan fingerprint density at radius 2 is 2.29 bits per heavy atom. The van der Waals surface area contributed by atoms with Gasteiger partial charge in [-0.15, -0.1) is 11.8 Å². The molecule has 21 heavy (non-hydrogen) atoms. The second-order valence-electron chi connectivity index (χ2n) is 4.79. The zero-order valence-electron chi connectivity index (χ0n) is 11.3. The monoisotopic (exact) mass is 333 g/mol. The largest absolute Gasteiger partial charge is 0.369 e. The van der Waals surface area contributed by atoms with Crippen LogP contribution in [0.3, 0.4) is 0 Å². The van der Waals surface area contributed by atoms with Gasteiger partial charge in [-0.2, -0.15) is 4.98 Å². The Morgan fingerprint density at radius 1 is 1.57 bits per heavy atom. The molecule has 0 bridgehead atoms. The van der Waals surface area contributed by atoms with Gasteiger partial charge < -0.3 is 20.1 Å². The predicted molar refractivity (Wildman–Crippen MR) is 81.1 cm³/mol. The molecule has 2 rings (SSSR count). The van der Waals surface area contributed by atoms with Crippen molar-refractivity contribution in [1.82, 2.24) is 19.5 Å². The molecule has 0 spiro atoms. The van der Waals surface area contributed by atoms with Crippen LogP contribution < -0.4 is 11.3 Å². The number of imidazole rings is 1. The van der Waals surface area contributed by atoms with Crippen molar-refractivity contribution in [3.63, 3.8) is 0 Å². The Hall–Kier alpha value is -1.35. The standard InChI is InChI=1S/C10H16N5O4PS/c1-6(3-21-5-20(17,18)19)2-15-4-12-7-8(15)13-10(11)14-9(7)16/h4,6H,2-3,5H2,1H3,(H2,17,18,19)(H3,11,13,14,16). The SMILES string of the molecule is CC(CSCP(=O)(O)O)Cn1cnc2c(=O)[nH]c(N)nc21. The zero-order valence-corrected chi connectivity index (χ0v) is 13.0. The first-order valence-electron chi connectivity index (χ1n) is 6.09. The first-order chi connectivity index (χ1) is 9.76. The molecule has 0 aromatic carbocycles. The number of thioether (sulfide) groups is 1. The van der Waals surface area contributed by atoms with Gasteiger partial charge in [-0.05, 0) is 11.7 Å². The third-order valence-electron chi connectivity index (χ3n) is 2.66. The molecule has 116 valence electrons. The van der Waals surface area contributed by atoms with Crippen LogP contribution in [0.1, 0.15) is 6.92 Å². The van der Waals surface area contributed by atoms with E-state index in [1.165, 1.54) is 18.1 Å². The summed E-state index contributed by atoms with van der Waals surface area (Å²) in [4.78, 5) is 39.7. The Morgan fingerprint density at radius 3 is 2.95 bits per heavy atom. The van der Waals surface area contributed by atoms with E-state index in [0.29, 0.717) is 17.9 Å². The highest BCUT2D eigenvalue weighted by Gasteiger charge is 2.15. The Kier molecular flexibility index (Phi) is 4.72. The molecule has 0 radical (unpaired) electrons. The van der Waals surface area contributed by atoms with Crippen molar-refractivity contribution in [2.45, 2.75) is 13.5 Å². The van der Waals surface area contributed by atoms with Crippen LogP contribution in [0.2, 0.25) is 0 Å². The van der Waals surface area contributed by atoms with Crippen LogP contribution in [0.15, 0.2) is 11.1 Å². The van der Waals surface area contributed by atoms with Crippen LogP contribution in [0, 0.1) is 5.92 Å². The van der Waals surface area contributed by atoms with E-state index in [2.05, 4.69) is 15.0 Å². The van der Waals surface area contributed by atoms with Crippen molar-refractivity contribution in [2.24, 2.45) is 5.92 Å². The summed E-state index contributed by atoms with van der Waals surface area (Å²) in [5, 5.41) is 0. The van der Waals surface area contributed by atoms with Crippen LogP contribution >= 0.6 is 19.4 Å². The maximum absolute atomic E-state index is 11.6. The number of aromatic amines is 1. The molecule has 1 atom stereocenters. The molecule has 9 nitrogen and oxygen atoms in total. The lowest BCUT2D eigenvalue weighted by atomic mass is 10.2. The van der Waals surface area contributed by atoms with E-state index in [-0.39, 0.29) is 28.4 Å². The predicted octanol–water partition coefficient (Wildman–Crippen LogP) is 0.206. The molecular formula is C10H16N5O4PS. The van der Waals surface area contributed by atoms with Gasteiger partial charge in [0.05, 0.1) is 11.8 Å². The molecule has 2 aromatic heterocycles. The van der Waals surface area contributed by atoms with Crippen molar-refractivity contribution in [3.8, 4) is 0 Å². The molecule has 0 aliphatic rings. The third kappa shape index (κ3) is 4.31. The zero-order chi connectivity index (χ0) is 15.6. The van der Waals surface area contributed by atoms with Crippen molar-refractivity contribution in [3.05, 3.63) is 16.7 Å². The van der Waals surface area contributed by atoms with Crippen molar-refractivity contribution < 1.29 is 14.4 Å². The quantitative estimate of drug-likeness (QED) is 0.548. The number of nitrogens with zero attached hydrogens (tertiary/aromatic N) is 3. The lowest BCUT2D eigenvalue weighted by Gasteiger charge is -2.12. The second kappa shape index (κ2) is 6.18. The van der Waals surface area contributed by atoms with Crippen LogP contribution in [-0.2, 0) is 11.1 Å². The van der Waals surface area contributed by atoms with E-state index in [9.17, 15) is 9.36 Å². The van der Waals surface area contributed by atoms with Gasteiger partial charge in [-0.25, -0.2) is 4.98 Å². The van der Waals surface area contributed by atoms with Gasteiger partial charge >= 0.3 is 7.60 Å². The van der Waals surface area contributed by atoms with Crippen LogP contribution in [0.4, 0.5) is 5.95 Å². The van der Waals surface area contributed by atoms with Crippen molar-refractivity contribution in [2.75, 3.05) is 17.0 Å². The van der Waals surface area contributed by atoms with E-state index in [1.54, 1.807) is 4.57 Å². The van der Waals surface area contributed by atoms with Gasteiger partial charge in [0, 0.05) is 6.54 Å². The first-order valence-corrected chi connectivity index (χ1v) is 9.04. The van der Waals surface area contributed by atoms with Crippen molar-refractivity contribution in [1.29, 1.82) is 0 Å². The van der Waals surface area contributed by atoms with E-state index in [0.717, 1.165) is 0 Å². The summed E-state index contributed by atoms with van der Waals surface area (Å²) in [6, 6.07) is 0. The lowest BCUT2D eigenvalue weighted by Crippen LogP contribution is -2.14. The van der Waals surface area contributed by atoms with Crippen LogP contribution in [0.5, 0.6) is 0 Å². The number of hydrogen-bond donors (Lipinski definition) is 4. The van der Waals surface area contributed by atoms with E-state index in [1.807, 2.05) is 6.92 Å². The summed E-state index contributed by atoms with van der Waals surface area (Å²) < 4.78 is 12.5. The fraction of sp³-hybridized carbons (Fsp3) is 0.500. The van der Waals surface area contributed by atoms with Gasteiger partial charge in [0.1, 0.15) is 0 Å². The molecule has 0 saturated heterocycles. The number of fused-ring (bicyclic) bond motifs is 1. The van der Waals surface area contributed by atoms with Crippen LogP contribution in [-0.4, -0.2) is 40.6 Å². The maximum atomic E-state index is 11.6. The van der Waals surface area contributed by atoms with E-state index in [4.69, 9.17) is 15.5 Å². The molecule has 2 aromatic rings. The smallest absolute Gasteiger partial charge is 0.335 e. The molecule has 5 N–H and O–H groups in total. The van der Waals surface area contributed by atoms with Crippen molar-refractivity contribution >= 4 is 36.5 Å². The number of nitrogens with two attached hydrogens (primary N) is 1. The molecule has 2 heterocycles. The van der Waals surface area contributed by atoms with Gasteiger partial charge in [0.15, 0.2) is 11.2 Å². The fourth-order valence-corrected chi connectivity index (χ4v) is 3.75. The summed E-state index contributed by atoms with van der Waals surface area (Å²) in [5.74, 6) is 0.725. The van der Waals surface area contributed by atoms with Gasteiger partial charge in [-0.3, -0.25) is 14.3 Å². The van der Waals surface area contributed by atoms with E-state index < -0.39 is 7.60 Å². The number of rotatable bonds is 6. The summed E-state index contributed by atoms with van der Waals surface area (Å²) in [6.07, 6.45) is 1.51. The molecule has 0 aliphatic carbocycles. The van der Waals surface area contributed by atoms with Gasteiger partial charge in [0.2, 0.25) is 5.95 Å². The Balaban J connectivity index is 2.06. The number of aromatic nitrogens is 4. The Labute approximate surface area is 124 Å². The fourth-order valence-electron chi connectivity index (χ4n) is 1.87. The summed E-state index contributed by atoms with van der Waals surface area (Å²) >= 11 is 1.19. The minimum atomic E-state index is -3.98. The summed E-state index contributed by atoms with van der Waals surface area (Å²) in [5.41, 5.74) is 5.55. The Bertz CT molecular complexity index is 739.